The number of nitrogens with one attached hydrogen (secondary N) is 1. The first-order valence-corrected chi connectivity index (χ1v) is 11.0. The molecule has 0 spiro atoms. The highest BCUT2D eigenvalue weighted by Crippen LogP contribution is 2.19. The molecule has 0 unspecified atom stereocenters. The fraction of sp³-hybridized carbons (Fsp3) is 0.333. The maximum atomic E-state index is 3.63. The molecular weight excluding hydrogens is 362 g/mol. The van der Waals surface area contributed by atoms with E-state index in [4.69, 9.17) is 0 Å². The maximum Gasteiger partial charge on any atom is 0.0367 e. The second-order valence-corrected chi connectivity index (χ2v) is 8.50. The van der Waals surface area contributed by atoms with Crippen molar-refractivity contribution in [3.8, 4) is 0 Å². The largest absolute Gasteiger partial charge is 0.369 e. The van der Waals surface area contributed by atoms with E-state index < -0.39 is 0 Å². The highest BCUT2D eigenvalue weighted by Gasteiger charge is 2.18. The van der Waals surface area contributed by atoms with Gasteiger partial charge in [-0.25, -0.2) is 0 Å². The van der Waals surface area contributed by atoms with Crippen molar-refractivity contribution in [3.05, 3.63) is 87.6 Å². The van der Waals surface area contributed by atoms with Gasteiger partial charge in [0.1, 0.15) is 0 Å². The van der Waals surface area contributed by atoms with Gasteiger partial charge < -0.3 is 10.2 Å². The van der Waals surface area contributed by atoms with Gasteiger partial charge in [-0.15, -0.1) is 11.3 Å². The number of hydrogen-bond donors (Lipinski definition) is 1. The number of para-hydroxylation sites is 1. The van der Waals surface area contributed by atoms with E-state index in [1.807, 2.05) is 11.3 Å². The Labute approximate surface area is 172 Å². The van der Waals surface area contributed by atoms with Gasteiger partial charge in [-0.1, -0.05) is 42.5 Å². The minimum atomic E-state index is 0.928. The number of hydrogen-bond acceptors (Lipinski definition) is 4. The molecule has 1 fully saturated rings. The van der Waals surface area contributed by atoms with Gasteiger partial charge in [0.05, 0.1) is 0 Å². The van der Waals surface area contributed by atoms with Crippen LogP contribution < -0.4 is 10.2 Å². The van der Waals surface area contributed by atoms with Crippen LogP contribution in [0.15, 0.2) is 66.0 Å². The summed E-state index contributed by atoms with van der Waals surface area (Å²) in [5.41, 5.74) is 5.60. The second-order valence-electron chi connectivity index (χ2n) is 7.50. The molecule has 146 valence electrons. The predicted molar refractivity (Wildman–Crippen MR) is 120 cm³/mol. The molecule has 28 heavy (non-hydrogen) atoms. The Hall–Kier alpha value is -2.14. The quantitative estimate of drug-likeness (QED) is 0.631. The highest BCUT2D eigenvalue weighted by atomic mass is 32.1. The van der Waals surface area contributed by atoms with E-state index >= 15 is 0 Å². The summed E-state index contributed by atoms with van der Waals surface area (Å²) in [6, 6.07) is 21.9. The van der Waals surface area contributed by atoms with Gasteiger partial charge in [0.2, 0.25) is 0 Å². The summed E-state index contributed by atoms with van der Waals surface area (Å²) in [5.74, 6) is 0. The molecule has 1 N–H and O–H groups in total. The Morgan fingerprint density at radius 1 is 0.821 bits per heavy atom. The smallest absolute Gasteiger partial charge is 0.0367 e. The molecule has 0 amide bonds. The van der Waals surface area contributed by atoms with Crippen molar-refractivity contribution >= 4 is 17.0 Å². The Kier molecular flexibility index (Phi) is 6.42. The number of anilines is 1. The zero-order valence-electron chi connectivity index (χ0n) is 16.6. The van der Waals surface area contributed by atoms with Crippen LogP contribution in [0.3, 0.4) is 0 Å². The van der Waals surface area contributed by atoms with Crippen LogP contribution in [-0.2, 0) is 19.6 Å². The fourth-order valence-electron chi connectivity index (χ4n) is 3.82. The molecule has 3 aromatic rings. The minimum Gasteiger partial charge on any atom is -0.369 e. The van der Waals surface area contributed by atoms with Crippen LogP contribution in [-0.4, -0.2) is 31.1 Å². The number of benzene rings is 2. The van der Waals surface area contributed by atoms with E-state index in [1.165, 1.54) is 27.3 Å². The Balaban J connectivity index is 1.31. The topological polar surface area (TPSA) is 18.5 Å². The third-order valence-corrected chi connectivity index (χ3v) is 6.60. The number of rotatable bonds is 7. The second kappa shape index (κ2) is 9.37. The van der Waals surface area contributed by atoms with Gasteiger partial charge in [-0.3, -0.25) is 4.90 Å². The SMILES string of the molecule is Cc1ccsc1CNCc1ccccc1CN1CCN(c2ccccc2)CC1. The first kappa shape index (κ1) is 19.2. The summed E-state index contributed by atoms with van der Waals surface area (Å²) in [6.45, 7) is 9.54. The molecule has 3 nitrogen and oxygen atoms in total. The van der Waals surface area contributed by atoms with E-state index in [2.05, 4.69) is 88.1 Å². The van der Waals surface area contributed by atoms with Crippen molar-refractivity contribution in [3.63, 3.8) is 0 Å². The predicted octanol–water partition coefficient (Wildman–Crippen LogP) is 4.67. The normalized spacial score (nSPS) is 15.1. The molecule has 0 saturated carbocycles. The average Bonchev–Trinajstić information content (AvgIpc) is 3.15. The van der Waals surface area contributed by atoms with Crippen LogP contribution in [0.1, 0.15) is 21.6 Å². The Morgan fingerprint density at radius 2 is 1.54 bits per heavy atom. The molecule has 1 aliphatic rings. The molecule has 0 bridgehead atoms. The van der Waals surface area contributed by atoms with Crippen molar-refractivity contribution in [2.45, 2.75) is 26.6 Å². The lowest BCUT2D eigenvalue weighted by molar-refractivity contribution is 0.249. The van der Waals surface area contributed by atoms with Gasteiger partial charge in [-0.05, 0) is 47.2 Å². The standard InChI is InChI=1S/C24H29N3S/c1-20-11-16-28-24(20)18-25-17-21-7-5-6-8-22(21)19-26-12-14-27(15-13-26)23-9-3-2-4-10-23/h2-11,16,25H,12-15,17-19H2,1H3. The molecule has 0 atom stereocenters. The van der Waals surface area contributed by atoms with Crippen molar-refractivity contribution in [1.29, 1.82) is 0 Å². The molecule has 2 aromatic carbocycles. The summed E-state index contributed by atoms with van der Waals surface area (Å²) >= 11 is 1.84. The highest BCUT2D eigenvalue weighted by molar-refractivity contribution is 7.10. The lowest BCUT2D eigenvalue weighted by Gasteiger charge is -2.36. The Morgan fingerprint density at radius 3 is 2.25 bits per heavy atom. The molecule has 1 aromatic heterocycles. The van der Waals surface area contributed by atoms with Crippen LogP contribution in [0.5, 0.6) is 0 Å². The molecule has 0 aliphatic carbocycles. The van der Waals surface area contributed by atoms with Crippen LogP contribution in [0.4, 0.5) is 5.69 Å². The molecular formula is C24H29N3S. The number of nitrogens with zero attached hydrogens (tertiary/aromatic N) is 2. The zero-order valence-corrected chi connectivity index (χ0v) is 17.4. The van der Waals surface area contributed by atoms with Crippen LogP contribution in [0, 0.1) is 6.92 Å². The molecule has 2 heterocycles. The van der Waals surface area contributed by atoms with Gasteiger partial charge in [0, 0.05) is 56.4 Å². The van der Waals surface area contributed by atoms with Crippen LogP contribution >= 0.6 is 11.3 Å². The lowest BCUT2D eigenvalue weighted by Crippen LogP contribution is -2.46. The van der Waals surface area contributed by atoms with Crippen molar-refractivity contribution < 1.29 is 0 Å². The maximum absolute atomic E-state index is 3.63. The van der Waals surface area contributed by atoms with Gasteiger partial charge in [-0.2, -0.15) is 0 Å². The van der Waals surface area contributed by atoms with Crippen molar-refractivity contribution in [2.24, 2.45) is 0 Å². The summed E-state index contributed by atoms with van der Waals surface area (Å²) in [5, 5.41) is 5.81. The zero-order chi connectivity index (χ0) is 19.2. The van der Waals surface area contributed by atoms with E-state index in [9.17, 15) is 0 Å². The minimum absolute atomic E-state index is 0.928. The summed E-state index contributed by atoms with van der Waals surface area (Å²) in [7, 11) is 0. The molecule has 1 saturated heterocycles. The van der Waals surface area contributed by atoms with Crippen LogP contribution in [0.2, 0.25) is 0 Å². The third kappa shape index (κ3) is 4.82. The monoisotopic (exact) mass is 391 g/mol. The molecule has 1 aliphatic heterocycles. The fourth-order valence-corrected chi connectivity index (χ4v) is 4.70. The van der Waals surface area contributed by atoms with E-state index in [0.717, 1.165) is 45.8 Å². The van der Waals surface area contributed by atoms with E-state index in [-0.39, 0.29) is 0 Å². The molecule has 4 heteroatoms. The first-order chi connectivity index (χ1) is 13.8. The molecule has 0 radical (unpaired) electrons. The summed E-state index contributed by atoms with van der Waals surface area (Å²) in [6.07, 6.45) is 0. The third-order valence-electron chi connectivity index (χ3n) is 5.58. The summed E-state index contributed by atoms with van der Waals surface area (Å²) in [4.78, 5) is 6.52. The number of piperazine rings is 1. The summed E-state index contributed by atoms with van der Waals surface area (Å²) < 4.78 is 0. The van der Waals surface area contributed by atoms with Gasteiger partial charge in [0.25, 0.3) is 0 Å². The number of aryl methyl sites for hydroxylation is 1. The Bertz CT molecular complexity index is 866. The first-order valence-electron chi connectivity index (χ1n) is 10.1. The van der Waals surface area contributed by atoms with E-state index in [0.29, 0.717) is 0 Å². The lowest BCUT2D eigenvalue weighted by atomic mass is 10.1. The van der Waals surface area contributed by atoms with Crippen molar-refractivity contribution in [2.75, 3.05) is 31.1 Å². The van der Waals surface area contributed by atoms with Gasteiger partial charge in [0.15, 0.2) is 0 Å². The van der Waals surface area contributed by atoms with E-state index in [1.54, 1.807) is 0 Å². The molecule has 4 rings (SSSR count). The average molecular weight is 392 g/mol. The number of thiophene rings is 1. The van der Waals surface area contributed by atoms with Crippen LogP contribution in [0.25, 0.3) is 0 Å². The van der Waals surface area contributed by atoms with Crippen molar-refractivity contribution in [1.82, 2.24) is 10.2 Å². The van der Waals surface area contributed by atoms with Gasteiger partial charge >= 0.3 is 0 Å².